The van der Waals surface area contributed by atoms with Gasteiger partial charge in [0.1, 0.15) is 0 Å². The summed E-state index contributed by atoms with van der Waals surface area (Å²) in [4.78, 5) is 2.03. The van der Waals surface area contributed by atoms with Crippen molar-refractivity contribution in [2.75, 3.05) is 29.5 Å². The molecule has 1 aromatic rings. The van der Waals surface area contributed by atoms with Crippen molar-refractivity contribution in [2.45, 2.75) is 19.4 Å². The average Bonchev–Trinajstić information content (AvgIpc) is 2.49. The number of aliphatic hydroxyl groups excluding tert-OH is 1. The van der Waals surface area contributed by atoms with Gasteiger partial charge in [-0.15, -0.1) is 0 Å². The van der Waals surface area contributed by atoms with Crippen molar-refractivity contribution in [1.29, 1.82) is 0 Å². The predicted octanol–water partition coefficient (Wildman–Crippen LogP) is 2.02. The second kappa shape index (κ2) is 5.69. The molecule has 106 valence electrons. The largest absolute Gasteiger partial charge is 0.389 e. The lowest BCUT2D eigenvalue weighted by Gasteiger charge is -2.23. The molecule has 1 fully saturated rings. The minimum absolute atomic E-state index is 0.183. The van der Waals surface area contributed by atoms with Crippen LogP contribution in [0.1, 0.15) is 25.0 Å². The minimum atomic E-state index is -2.91. The Balaban J connectivity index is 2.20. The normalized spacial score (nSPS) is 20.9. The Morgan fingerprint density at radius 1 is 1.32 bits per heavy atom. The molecule has 4 nitrogen and oxygen atoms in total. The van der Waals surface area contributed by atoms with Crippen LogP contribution in [-0.2, 0) is 9.84 Å². The van der Waals surface area contributed by atoms with Crippen molar-refractivity contribution < 1.29 is 13.5 Å². The van der Waals surface area contributed by atoms with Crippen LogP contribution < -0.4 is 4.90 Å². The summed E-state index contributed by atoms with van der Waals surface area (Å²) in [5.41, 5.74) is 1.60. The first-order valence-electron chi connectivity index (χ1n) is 6.32. The zero-order chi connectivity index (χ0) is 14.0. The van der Waals surface area contributed by atoms with Crippen molar-refractivity contribution in [2.24, 2.45) is 0 Å². The molecular formula is C13H18ClNO3S. The number of anilines is 1. The topological polar surface area (TPSA) is 57.6 Å². The number of sulfone groups is 1. The number of aliphatic hydroxyl groups is 1. The highest BCUT2D eigenvalue weighted by Gasteiger charge is 2.20. The van der Waals surface area contributed by atoms with Crippen LogP contribution in [0.15, 0.2) is 18.2 Å². The molecule has 0 bridgehead atoms. The SMILES string of the molecule is CC(O)c1ccc(N2CCCS(=O)(=O)CC2)cc1Cl. The van der Waals surface area contributed by atoms with Crippen LogP contribution in [0.3, 0.4) is 0 Å². The monoisotopic (exact) mass is 303 g/mol. The van der Waals surface area contributed by atoms with Crippen molar-refractivity contribution in [1.82, 2.24) is 0 Å². The molecule has 0 aromatic heterocycles. The van der Waals surface area contributed by atoms with Gasteiger partial charge in [-0.1, -0.05) is 17.7 Å². The van der Waals surface area contributed by atoms with E-state index >= 15 is 0 Å². The van der Waals surface area contributed by atoms with Crippen LogP contribution in [0, 0.1) is 0 Å². The molecule has 6 heteroatoms. The fourth-order valence-corrected chi connectivity index (χ4v) is 3.85. The van der Waals surface area contributed by atoms with E-state index in [0.717, 1.165) is 5.69 Å². The Bertz CT molecular complexity index is 557. The maximum absolute atomic E-state index is 11.6. The van der Waals surface area contributed by atoms with Gasteiger partial charge in [-0.25, -0.2) is 8.42 Å². The molecule has 2 rings (SSSR count). The highest BCUT2D eigenvalue weighted by Crippen LogP contribution is 2.28. The summed E-state index contributed by atoms with van der Waals surface area (Å²) >= 11 is 6.14. The van der Waals surface area contributed by atoms with E-state index in [1.165, 1.54) is 0 Å². The van der Waals surface area contributed by atoms with Crippen LogP contribution in [-0.4, -0.2) is 38.1 Å². The van der Waals surface area contributed by atoms with E-state index in [1.807, 2.05) is 11.0 Å². The van der Waals surface area contributed by atoms with Gasteiger partial charge in [0.25, 0.3) is 0 Å². The van der Waals surface area contributed by atoms with Gasteiger partial charge < -0.3 is 10.0 Å². The highest BCUT2D eigenvalue weighted by atomic mass is 35.5. The van der Waals surface area contributed by atoms with E-state index in [-0.39, 0.29) is 11.5 Å². The Hall–Kier alpha value is -0.780. The van der Waals surface area contributed by atoms with Gasteiger partial charge in [0, 0.05) is 23.8 Å². The van der Waals surface area contributed by atoms with Gasteiger partial charge in [-0.2, -0.15) is 0 Å². The Labute approximate surface area is 118 Å². The molecule has 1 aliphatic heterocycles. The molecule has 0 aliphatic carbocycles. The highest BCUT2D eigenvalue weighted by molar-refractivity contribution is 7.91. The van der Waals surface area contributed by atoms with Crippen molar-refractivity contribution in [3.8, 4) is 0 Å². The lowest BCUT2D eigenvalue weighted by Crippen LogP contribution is -2.26. The first kappa shape index (κ1) is 14.6. The number of rotatable bonds is 2. The molecule has 1 atom stereocenters. The molecule has 0 radical (unpaired) electrons. The Morgan fingerprint density at radius 3 is 2.68 bits per heavy atom. The third-order valence-corrected chi connectivity index (χ3v) is 5.40. The van der Waals surface area contributed by atoms with Crippen LogP contribution in [0.4, 0.5) is 5.69 Å². The lowest BCUT2D eigenvalue weighted by molar-refractivity contribution is 0.199. The summed E-state index contributed by atoms with van der Waals surface area (Å²) in [6.07, 6.45) is 0.0315. The van der Waals surface area contributed by atoms with E-state index in [2.05, 4.69) is 0 Å². The van der Waals surface area contributed by atoms with Gasteiger partial charge in [-0.05, 0) is 31.0 Å². The van der Waals surface area contributed by atoms with Gasteiger partial charge in [0.05, 0.1) is 17.6 Å². The Morgan fingerprint density at radius 2 is 2.05 bits per heavy atom. The number of nitrogens with zero attached hydrogens (tertiary/aromatic N) is 1. The smallest absolute Gasteiger partial charge is 0.152 e. The summed E-state index contributed by atoms with van der Waals surface area (Å²) in [6.45, 7) is 2.87. The molecule has 19 heavy (non-hydrogen) atoms. The molecular weight excluding hydrogens is 286 g/mol. The third-order valence-electron chi connectivity index (χ3n) is 3.35. The third kappa shape index (κ3) is 3.61. The summed E-state index contributed by atoms with van der Waals surface area (Å²) < 4.78 is 23.1. The van der Waals surface area contributed by atoms with Gasteiger partial charge in [0.15, 0.2) is 9.84 Å². The van der Waals surface area contributed by atoms with Gasteiger partial charge >= 0.3 is 0 Å². The molecule has 1 saturated heterocycles. The summed E-state index contributed by atoms with van der Waals surface area (Å²) in [5, 5.41) is 10.1. The molecule has 1 N–H and O–H groups in total. The zero-order valence-electron chi connectivity index (χ0n) is 10.8. The van der Waals surface area contributed by atoms with Crippen LogP contribution >= 0.6 is 11.6 Å². The summed E-state index contributed by atoms with van der Waals surface area (Å²) in [7, 11) is -2.91. The van der Waals surface area contributed by atoms with E-state index in [9.17, 15) is 13.5 Å². The molecule has 0 saturated carbocycles. The van der Waals surface area contributed by atoms with E-state index < -0.39 is 15.9 Å². The van der Waals surface area contributed by atoms with Crippen molar-refractivity contribution >= 4 is 27.1 Å². The number of hydrogen-bond acceptors (Lipinski definition) is 4. The molecule has 1 heterocycles. The van der Waals surface area contributed by atoms with Crippen LogP contribution in [0.2, 0.25) is 5.02 Å². The van der Waals surface area contributed by atoms with Crippen LogP contribution in [0.5, 0.6) is 0 Å². The first-order chi connectivity index (χ1) is 8.89. The number of halogens is 1. The Kier molecular flexibility index (Phi) is 4.38. The fraction of sp³-hybridized carbons (Fsp3) is 0.538. The van der Waals surface area contributed by atoms with Crippen molar-refractivity contribution in [3.63, 3.8) is 0 Å². The lowest BCUT2D eigenvalue weighted by atomic mass is 10.1. The quantitative estimate of drug-likeness (QED) is 0.908. The van der Waals surface area contributed by atoms with Crippen molar-refractivity contribution in [3.05, 3.63) is 28.8 Å². The van der Waals surface area contributed by atoms with Crippen LogP contribution in [0.25, 0.3) is 0 Å². The average molecular weight is 304 g/mol. The van der Waals surface area contributed by atoms with E-state index in [1.54, 1.807) is 19.1 Å². The number of benzene rings is 1. The first-order valence-corrected chi connectivity index (χ1v) is 8.52. The summed E-state index contributed by atoms with van der Waals surface area (Å²) in [5.74, 6) is 0.436. The number of hydrogen-bond donors (Lipinski definition) is 1. The standard InChI is InChI=1S/C13H18ClNO3S/c1-10(16)12-4-3-11(9-13(12)14)15-5-2-7-19(17,18)8-6-15/h3-4,9-10,16H,2,5-8H2,1H3. The molecule has 1 aromatic carbocycles. The maximum atomic E-state index is 11.6. The zero-order valence-corrected chi connectivity index (χ0v) is 12.4. The van der Waals surface area contributed by atoms with E-state index in [0.29, 0.717) is 30.1 Å². The van der Waals surface area contributed by atoms with Gasteiger partial charge in [0.2, 0.25) is 0 Å². The molecule has 0 amide bonds. The molecule has 0 spiro atoms. The molecule has 1 unspecified atom stereocenters. The second-order valence-corrected chi connectivity index (χ2v) is 7.59. The maximum Gasteiger partial charge on any atom is 0.152 e. The van der Waals surface area contributed by atoms with E-state index in [4.69, 9.17) is 11.6 Å². The minimum Gasteiger partial charge on any atom is -0.389 e. The molecule has 1 aliphatic rings. The predicted molar refractivity (Wildman–Crippen MR) is 77.6 cm³/mol. The fourth-order valence-electron chi connectivity index (χ4n) is 2.25. The van der Waals surface area contributed by atoms with Gasteiger partial charge in [-0.3, -0.25) is 0 Å². The summed E-state index contributed by atoms with van der Waals surface area (Å²) in [6, 6.07) is 5.47. The second-order valence-electron chi connectivity index (χ2n) is 4.87.